The highest BCUT2D eigenvalue weighted by atomic mass is 16.7. The molecule has 5 unspecified atom stereocenters. The van der Waals surface area contributed by atoms with E-state index in [0.29, 0.717) is 0 Å². The maximum atomic E-state index is 9.29. The summed E-state index contributed by atoms with van der Waals surface area (Å²) in [5, 5.41) is 27.6. The molecular formula is C10H20O5. The Morgan fingerprint density at radius 1 is 1.07 bits per heavy atom. The first-order chi connectivity index (χ1) is 7.19. The molecule has 1 aliphatic heterocycles. The summed E-state index contributed by atoms with van der Waals surface area (Å²) >= 11 is 0. The standard InChI is InChI=1S/C10H20O5/c1-6-7(3-11)8(4-12)9(5-13)15-10(6)14-2/h6-13H,3-5H2,1-2H3. The Labute approximate surface area is 89.6 Å². The molecule has 0 bridgehead atoms. The fraction of sp³-hybridized carbons (Fsp3) is 1.00. The molecule has 1 heterocycles. The van der Waals surface area contributed by atoms with Gasteiger partial charge in [0.1, 0.15) is 0 Å². The molecule has 5 heteroatoms. The fourth-order valence-corrected chi connectivity index (χ4v) is 2.27. The lowest BCUT2D eigenvalue weighted by Crippen LogP contribution is -2.51. The molecule has 5 nitrogen and oxygen atoms in total. The van der Waals surface area contributed by atoms with E-state index in [1.165, 1.54) is 7.11 Å². The second-order valence-corrected chi connectivity index (χ2v) is 4.01. The summed E-state index contributed by atoms with van der Waals surface area (Å²) in [6, 6.07) is 0. The molecule has 0 aliphatic carbocycles. The van der Waals surface area contributed by atoms with E-state index in [2.05, 4.69) is 0 Å². The van der Waals surface area contributed by atoms with E-state index < -0.39 is 12.4 Å². The molecule has 0 aromatic rings. The molecule has 0 saturated carbocycles. The van der Waals surface area contributed by atoms with E-state index in [-0.39, 0.29) is 37.6 Å². The second kappa shape index (κ2) is 5.77. The van der Waals surface area contributed by atoms with Gasteiger partial charge in [0.05, 0.1) is 12.7 Å². The summed E-state index contributed by atoms with van der Waals surface area (Å²) in [4.78, 5) is 0. The van der Waals surface area contributed by atoms with Crippen LogP contribution in [0.15, 0.2) is 0 Å². The fourth-order valence-electron chi connectivity index (χ4n) is 2.27. The van der Waals surface area contributed by atoms with Crippen LogP contribution in [0.2, 0.25) is 0 Å². The number of methoxy groups -OCH3 is 1. The lowest BCUT2D eigenvalue weighted by molar-refractivity contribution is -0.256. The van der Waals surface area contributed by atoms with Crippen molar-refractivity contribution >= 4 is 0 Å². The Morgan fingerprint density at radius 3 is 2.07 bits per heavy atom. The first-order valence-corrected chi connectivity index (χ1v) is 5.20. The number of hydrogen-bond acceptors (Lipinski definition) is 5. The largest absolute Gasteiger partial charge is 0.396 e. The average Bonchev–Trinajstić information content (AvgIpc) is 2.28. The SMILES string of the molecule is COC1OC(CO)C(CO)C(CO)C1C. The highest BCUT2D eigenvalue weighted by Gasteiger charge is 2.42. The number of aliphatic hydroxyl groups excluding tert-OH is 3. The highest BCUT2D eigenvalue weighted by molar-refractivity contribution is 4.86. The molecule has 1 rings (SSSR count). The molecular weight excluding hydrogens is 200 g/mol. The van der Waals surface area contributed by atoms with Gasteiger partial charge in [-0.2, -0.15) is 0 Å². The van der Waals surface area contributed by atoms with Crippen LogP contribution in [0.4, 0.5) is 0 Å². The predicted molar refractivity (Wildman–Crippen MR) is 53.1 cm³/mol. The Bertz CT molecular complexity index is 187. The molecule has 0 aromatic carbocycles. The van der Waals surface area contributed by atoms with Crippen LogP contribution < -0.4 is 0 Å². The van der Waals surface area contributed by atoms with Crippen molar-refractivity contribution in [2.24, 2.45) is 17.8 Å². The van der Waals surface area contributed by atoms with E-state index in [0.717, 1.165) is 0 Å². The number of aliphatic hydroxyl groups is 3. The summed E-state index contributed by atoms with van der Waals surface area (Å²) in [6.07, 6.45) is -0.893. The topological polar surface area (TPSA) is 79.2 Å². The van der Waals surface area contributed by atoms with Gasteiger partial charge in [-0.1, -0.05) is 6.92 Å². The minimum atomic E-state index is -0.465. The third-order valence-electron chi connectivity index (χ3n) is 3.27. The van der Waals surface area contributed by atoms with Gasteiger partial charge in [-0.3, -0.25) is 0 Å². The Balaban J connectivity index is 2.78. The summed E-state index contributed by atoms with van der Waals surface area (Å²) < 4.78 is 10.6. The van der Waals surface area contributed by atoms with Gasteiger partial charge in [-0.15, -0.1) is 0 Å². The molecule has 15 heavy (non-hydrogen) atoms. The normalized spacial score (nSPS) is 41.8. The maximum Gasteiger partial charge on any atom is 0.160 e. The molecule has 1 fully saturated rings. The minimum absolute atomic E-state index is 0.0000463. The summed E-state index contributed by atoms with van der Waals surface area (Å²) in [7, 11) is 1.53. The first-order valence-electron chi connectivity index (χ1n) is 5.20. The van der Waals surface area contributed by atoms with Gasteiger partial charge in [-0.05, 0) is 5.92 Å². The number of ether oxygens (including phenoxy) is 2. The molecule has 1 saturated heterocycles. The van der Waals surface area contributed by atoms with Gasteiger partial charge in [0.2, 0.25) is 0 Å². The second-order valence-electron chi connectivity index (χ2n) is 4.01. The Kier molecular flexibility index (Phi) is 4.95. The van der Waals surface area contributed by atoms with E-state index in [9.17, 15) is 10.2 Å². The van der Waals surface area contributed by atoms with Crippen LogP contribution in [0.1, 0.15) is 6.92 Å². The molecule has 5 atom stereocenters. The smallest absolute Gasteiger partial charge is 0.160 e. The summed E-state index contributed by atoms with van der Waals surface area (Å²) in [5.41, 5.74) is 0. The van der Waals surface area contributed by atoms with Gasteiger partial charge in [0.15, 0.2) is 6.29 Å². The van der Waals surface area contributed by atoms with E-state index in [1.54, 1.807) is 0 Å². The van der Waals surface area contributed by atoms with Crippen molar-refractivity contribution in [2.75, 3.05) is 26.9 Å². The van der Waals surface area contributed by atoms with Crippen LogP contribution in [-0.4, -0.2) is 54.6 Å². The quantitative estimate of drug-likeness (QED) is 0.578. The molecule has 3 N–H and O–H groups in total. The Morgan fingerprint density at radius 2 is 1.67 bits per heavy atom. The van der Waals surface area contributed by atoms with Gasteiger partial charge in [0.25, 0.3) is 0 Å². The zero-order chi connectivity index (χ0) is 11.4. The van der Waals surface area contributed by atoms with Crippen molar-refractivity contribution < 1.29 is 24.8 Å². The molecule has 1 aliphatic rings. The third-order valence-corrected chi connectivity index (χ3v) is 3.27. The first kappa shape index (κ1) is 12.9. The van der Waals surface area contributed by atoms with Crippen LogP contribution in [0.25, 0.3) is 0 Å². The van der Waals surface area contributed by atoms with Crippen molar-refractivity contribution in [3.8, 4) is 0 Å². The maximum absolute atomic E-state index is 9.29. The van der Waals surface area contributed by atoms with Crippen LogP contribution in [0.5, 0.6) is 0 Å². The van der Waals surface area contributed by atoms with Gasteiger partial charge < -0.3 is 24.8 Å². The van der Waals surface area contributed by atoms with Crippen molar-refractivity contribution in [3.63, 3.8) is 0 Å². The molecule has 0 radical (unpaired) electrons. The lowest BCUT2D eigenvalue weighted by Gasteiger charge is -2.43. The summed E-state index contributed by atoms with van der Waals surface area (Å²) in [5.74, 6) is -0.341. The van der Waals surface area contributed by atoms with Crippen molar-refractivity contribution in [3.05, 3.63) is 0 Å². The summed E-state index contributed by atoms with van der Waals surface area (Å²) in [6.45, 7) is 1.60. The number of rotatable bonds is 4. The molecule has 0 amide bonds. The molecule has 0 spiro atoms. The number of hydrogen-bond donors (Lipinski definition) is 3. The van der Waals surface area contributed by atoms with Crippen LogP contribution in [0, 0.1) is 17.8 Å². The predicted octanol–water partition coefficient (Wildman–Crippen LogP) is -0.797. The van der Waals surface area contributed by atoms with Crippen molar-refractivity contribution in [1.29, 1.82) is 0 Å². The molecule has 0 aromatic heterocycles. The van der Waals surface area contributed by atoms with Gasteiger partial charge in [0, 0.05) is 32.2 Å². The van der Waals surface area contributed by atoms with Crippen LogP contribution in [-0.2, 0) is 9.47 Å². The zero-order valence-electron chi connectivity index (χ0n) is 9.17. The van der Waals surface area contributed by atoms with Crippen molar-refractivity contribution in [2.45, 2.75) is 19.3 Å². The van der Waals surface area contributed by atoms with Gasteiger partial charge >= 0.3 is 0 Å². The van der Waals surface area contributed by atoms with E-state index >= 15 is 0 Å². The Hall–Kier alpha value is -0.200. The van der Waals surface area contributed by atoms with Crippen LogP contribution in [0.3, 0.4) is 0 Å². The lowest BCUT2D eigenvalue weighted by atomic mass is 9.77. The van der Waals surface area contributed by atoms with Crippen molar-refractivity contribution in [1.82, 2.24) is 0 Å². The van der Waals surface area contributed by atoms with Gasteiger partial charge in [-0.25, -0.2) is 0 Å². The third kappa shape index (κ3) is 2.49. The average molecular weight is 220 g/mol. The monoisotopic (exact) mass is 220 g/mol. The van der Waals surface area contributed by atoms with E-state index in [4.69, 9.17) is 14.6 Å². The zero-order valence-corrected chi connectivity index (χ0v) is 9.17. The van der Waals surface area contributed by atoms with E-state index in [1.807, 2.05) is 6.92 Å². The van der Waals surface area contributed by atoms with Crippen LogP contribution >= 0.6 is 0 Å². The highest BCUT2D eigenvalue weighted by Crippen LogP contribution is 2.35. The molecule has 90 valence electrons. The minimum Gasteiger partial charge on any atom is -0.396 e.